The molecule has 0 aliphatic carbocycles. The quantitative estimate of drug-likeness (QED) is 0.128. The zero-order chi connectivity index (χ0) is 33.8. The molecule has 4 atom stereocenters. The summed E-state index contributed by atoms with van der Waals surface area (Å²) in [5.74, 6) is -2.19. The van der Waals surface area contributed by atoms with Gasteiger partial charge in [-0.3, -0.25) is 19.2 Å². The molecule has 0 saturated carbocycles. The summed E-state index contributed by atoms with van der Waals surface area (Å²) in [5.41, 5.74) is 16.0. The van der Waals surface area contributed by atoms with E-state index in [0.29, 0.717) is 19.4 Å². The van der Waals surface area contributed by atoms with Gasteiger partial charge in [0.2, 0.25) is 23.6 Å². The Morgan fingerprint density at radius 3 is 2.49 bits per heavy atom. The Labute approximate surface area is 272 Å². The molecular formula is C35H40N6O6. The van der Waals surface area contributed by atoms with Crippen LogP contribution >= 0.6 is 0 Å². The molecule has 12 heteroatoms. The van der Waals surface area contributed by atoms with Crippen LogP contribution in [0, 0.1) is 19.8 Å². The number of H-pyrrole nitrogens is 1. The van der Waals surface area contributed by atoms with E-state index in [-0.39, 0.29) is 41.9 Å². The Kier molecular flexibility index (Phi) is 9.80. The topological polar surface area (TPSA) is 197 Å². The first-order valence-corrected chi connectivity index (χ1v) is 15.4. The molecule has 1 aliphatic rings. The molecule has 3 heterocycles. The largest absolute Gasteiger partial charge is 0.508 e. The molecule has 4 amide bonds. The maximum atomic E-state index is 13.8. The van der Waals surface area contributed by atoms with Crippen LogP contribution in [0.25, 0.3) is 10.9 Å². The Hall–Kier alpha value is -5.36. The van der Waals surface area contributed by atoms with E-state index >= 15 is 0 Å². The molecule has 0 unspecified atom stereocenters. The number of aromatic nitrogens is 1. The van der Waals surface area contributed by atoms with Gasteiger partial charge in [0.1, 0.15) is 23.6 Å². The molecular weight excluding hydrogens is 600 g/mol. The number of likely N-dealkylation sites (tertiary alicyclic amines) is 1. The summed E-state index contributed by atoms with van der Waals surface area (Å²) in [7, 11) is 0. The van der Waals surface area contributed by atoms with E-state index in [9.17, 15) is 24.3 Å². The number of fused-ring (bicyclic) bond motifs is 1. The number of carbonyl (C=O) groups excluding carboxylic acids is 4. The number of benzene rings is 2. The lowest BCUT2D eigenvalue weighted by atomic mass is 9.96. The average Bonchev–Trinajstić information content (AvgIpc) is 3.82. The fourth-order valence-electron chi connectivity index (χ4n) is 6.20. The summed E-state index contributed by atoms with van der Waals surface area (Å²) < 4.78 is 5.45. The van der Waals surface area contributed by atoms with Crippen LogP contribution in [-0.4, -0.2) is 63.8 Å². The highest BCUT2D eigenvalue weighted by atomic mass is 16.3. The summed E-state index contributed by atoms with van der Waals surface area (Å²) in [6, 6.07) is 11.2. The number of aryl methyl sites for hydroxylation is 2. The summed E-state index contributed by atoms with van der Waals surface area (Å²) in [6.45, 7) is 7.96. The van der Waals surface area contributed by atoms with Crippen molar-refractivity contribution in [2.45, 2.75) is 51.2 Å². The van der Waals surface area contributed by atoms with E-state index < -0.39 is 35.9 Å². The van der Waals surface area contributed by atoms with Crippen molar-refractivity contribution in [2.75, 3.05) is 13.1 Å². The molecule has 1 aliphatic heterocycles. The lowest BCUT2D eigenvalue weighted by Crippen LogP contribution is -2.51. The lowest BCUT2D eigenvalue weighted by Gasteiger charge is -2.24. The highest BCUT2D eigenvalue weighted by molar-refractivity contribution is 5.95. The van der Waals surface area contributed by atoms with Crippen molar-refractivity contribution in [3.05, 3.63) is 101 Å². The lowest BCUT2D eigenvalue weighted by molar-refractivity contribution is -0.133. The van der Waals surface area contributed by atoms with Crippen molar-refractivity contribution < 1.29 is 28.7 Å². The van der Waals surface area contributed by atoms with E-state index in [1.165, 1.54) is 6.26 Å². The maximum Gasteiger partial charge on any atom is 0.246 e. The van der Waals surface area contributed by atoms with Crippen molar-refractivity contribution in [2.24, 2.45) is 17.4 Å². The zero-order valence-electron chi connectivity index (χ0n) is 26.4. The molecule has 1 saturated heterocycles. The minimum atomic E-state index is -1.05. The van der Waals surface area contributed by atoms with Crippen LogP contribution in [-0.2, 0) is 32.0 Å². The van der Waals surface area contributed by atoms with Gasteiger partial charge in [0.15, 0.2) is 0 Å². The number of para-hydroxylation sites is 1. The second-order valence-electron chi connectivity index (χ2n) is 12.1. The predicted octanol–water partition coefficient (Wildman–Crippen LogP) is 2.43. The zero-order valence-corrected chi connectivity index (χ0v) is 26.4. The Balaban J connectivity index is 1.30. The Morgan fingerprint density at radius 2 is 1.81 bits per heavy atom. The summed E-state index contributed by atoms with van der Waals surface area (Å²) in [5, 5.41) is 16.4. The molecule has 2 aromatic carbocycles. The minimum absolute atomic E-state index is 0.0792. The second-order valence-corrected chi connectivity index (χ2v) is 12.1. The second kappa shape index (κ2) is 14.0. The standard InChI is InChI=1S/C35H40N6O6/c1-19-13-24(42)14-20(2)26(19)16-27(36)35(46)41-11-10-22(18-41)33(44)39-29(15-23-17-38-28-8-5-4-7-25(23)28)34(45)40-31(21(3)32(37)43)30-9-6-12-47-30/h4-9,12-14,17,22,27,29,31,38,42H,3,10-11,15-16,18,36H2,1-2H3,(H2,37,43)(H,39,44)(H,40,45)/t22-,27-,29-,31-/m0/s1. The first-order valence-electron chi connectivity index (χ1n) is 15.4. The number of aromatic hydroxyl groups is 1. The number of primary amides is 1. The SMILES string of the molecule is C=C(C(N)=O)[C@H](NC(=O)[C@H](Cc1c[nH]c2ccccc12)NC(=O)[C@H]1CCN(C(=O)[C@@H](N)Cc2c(C)cc(O)cc2C)C1)c1ccco1. The van der Waals surface area contributed by atoms with Crippen molar-refractivity contribution in [1.29, 1.82) is 0 Å². The Morgan fingerprint density at radius 1 is 1.09 bits per heavy atom. The Bertz CT molecular complexity index is 1790. The van der Waals surface area contributed by atoms with Gasteiger partial charge in [0, 0.05) is 42.2 Å². The molecule has 12 nitrogen and oxygen atoms in total. The number of rotatable bonds is 12. The molecule has 0 radical (unpaired) electrons. The van der Waals surface area contributed by atoms with Crippen LogP contribution in [0.1, 0.15) is 40.5 Å². The highest BCUT2D eigenvalue weighted by Crippen LogP contribution is 2.25. The normalized spacial score (nSPS) is 16.4. The number of hydrogen-bond acceptors (Lipinski definition) is 7. The number of nitrogens with one attached hydrogen (secondary N) is 3. The minimum Gasteiger partial charge on any atom is -0.508 e. The fraction of sp³-hybridized carbons (Fsp3) is 0.314. The van der Waals surface area contributed by atoms with Gasteiger partial charge in [-0.05, 0) is 79.3 Å². The van der Waals surface area contributed by atoms with Crippen molar-refractivity contribution >= 4 is 34.5 Å². The number of amides is 4. The van der Waals surface area contributed by atoms with Gasteiger partial charge in [0.05, 0.1) is 18.2 Å². The molecule has 246 valence electrons. The highest BCUT2D eigenvalue weighted by Gasteiger charge is 2.36. The third-order valence-corrected chi connectivity index (χ3v) is 8.80. The molecule has 1 fully saturated rings. The number of hydrogen-bond donors (Lipinski definition) is 6. The molecule has 8 N–H and O–H groups in total. The van der Waals surface area contributed by atoms with Gasteiger partial charge in [0.25, 0.3) is 0 Å². The number of nitrogens with two attached hydrogens (primary N) is 2. The van der Waals surface area contributed by atoms with E-state index in [1.807, 2.05) is 38.1 Å². The van der Waals surface area contributed by atoms with E-state index in [4.69, 9.17) is 15.9 Å². The van der Waals surface area contributed by atoms with Crippen LogP contribution in [0.4, 0.5) is 0 Å². The molecule has 47 heavy (non-hydrogen) atoms. The van der Waals surface area contributed by atoms with Gasteiger partial charge in [-0.15, -0.1) is 0 Å². The number of phenols is 1. The van der Waals surface area contributed by atoms with Crippen molar-refractivity contribution in [3.63, 3.8) is 0 Å². The first kappa shape index (κ1) is 33.0. The van der Waals surface area contributed by atoms with Crippen LogP contribution in [0.2, 0.25) is 0 Å². The number of aromatic amines is 1. The number of furan rings is 1. The van der Waals surface area contributed by atoms with E-state index in [2.05, 4.69) is 22.2 Å². The smallest absolute Gasteiger partial charge is 0.246 e. The molecule has 0 bridgehead atoms. The monoisotopic (exact) mass is 640 g/mol. The average molecular weight is 641 g/mol. The van der Waals surface area contributed by atoms with Gasteiger partial charge < -0.3 is 41.5 Å². The molecule has 4 aromatic rings. The van der Waals surface area contributed by atoms with Crippen LogP contribution in [0.3, 0.4) is 0 Å². The van der Waals surface area contributed by atoms with Crippen LogP contribution in [0.5, 0.6) is 5.75 Å². The van der Waals surface area contributed by atoms with E-state index in [0.717, 1.165) is 33.2 Å². The van der Waals surface area contributed by atoms with Gasteiger partial charge in [-0.2, -0.15) is 0 Å². The number of carbonyl (C=O) groups is 4. The van der Waals surface area contributed by atoms with E-state index in [1.54, 1.807) is 35.4 Å². The van der Waals surface area contributed by atoms with Crippen molar-refractivity contribution in [1.82, 2.24) is 20.5 Å². The van der Waals surface area contributed by atoms with Gasteiger partial charge in [-0.1, -0.05) is 24.8 Å². The maximum absolute atomic E-state index is 13.8. The molecule has 5 rings (SSSR count). The number of nitrogens with zero attached hydrogens (tertiary/aromatic N) is 1. The van der Waals surface area contributed by atoms with Crippen LogP contribution < -0.4 is 22.1 Å². The predicted molar refractivity (Wildman–Crippen MR) is 176 cm³/mol. The summed E-state index contributed by atoms with van der Waals surface area (Å²) >= 11 is 0. The van der Waals surface area contributed by atoms with Gasteiger partial charge >= 0.3 is 0 Å². The molecule has 2 aromatic heterocycles. The summed E-state index contributed by atoms with van der Waals surface area (Å²) in [4.78, 5) is 57.6. The first-order chi connectivity index (χ1) is 22.4. The third kappa shape index (κ3) is 7.39. The fourth-order valence-corrected chi connectivity index (χ4v) is 6.20. The number of phenolic OH excluding ortho intramolecular Hbond substituents is 1. The van der Waals surface area contributed by atoms with Gasteiger partial charge in [-0.25, -0.2) is 0 Å². The molecule has 0 spiro atoms. The summed E-state index contributed by atoms with van der Waals surface area (Å²) in [6.07, 6.45) is 4.03. The third-order valence-electron chi connectivity index (χ3n) is 8.80. The van der Waals surface area contributed by atoms with Crippen molar-refractivity contribution in [3.8, 4) is 5.75 Å². The van der Waals surface area contributed by atoms with Crippen LogP contribution in [0.15, 0.2) is 77.6 Å².